The van der Waals surface area contributed by atoms with E-state index in [9.17, 15) is 18.9 Å². The largest absolute Gasteiger partial charge is 0.466 e. The molecule has 0 heterocycles. The second kappa shape index (κ2) is 12.4. The summed E-state index contributed by atoms with van der Waals surface area (Å²) in [6.07, 6.45) is -0.447. The molecule has 0 aromatic heterocycles. The molecule has 0 saturated heterocycles. The van der Waals surface area contributed by atoms with Crippen LogP contribution in [0.15, 0.2) is 30.3 Å². The van der Waals surface area contributed by atoms with E-state index in [0.717, 1.165) is 0 Å². The van der Waals surface area contributed by atoms with Gasteiger partial charge in [-0.15, -0.1) is 0 Å². The van der Waals surface area contributed by atoms with E-state index in [4.69, 9.17) is 18.5 Å². The van der Waals surface area contributed by atoms with Gasteiger partial charge in [0.25, 0.3) is 0 Å². The predicted molar refractivity (Wildman–Crippen MR) is 102 cm³/mol. The molecule has 28 heavy (non-hydrogen) atoms. The Kier molecular flexibility index (Phi) is 10.7. The third-order valence-corrected chi connectivity index (χ3v) is 5.82. The monoisotopic (exact) mass is 414 g/mol. The van der Waals surface area contributed by atoms with Crippen molar-refractivity contribution < 1.29 is 37.5 Å². The summed E-state index contributed by atoms with van der Waals surface area (Å²) < 4.78 is 32.9. The molecule has 0 aliphatic heterocycles. The molecule has 0 radical (unpaired) electrons. The maximum Gasteiger partial charge on any atom is 0.345 e. The second-order valence-electron chi connectivity index (χ2n) is 5.74. The highest BCUT2D eigenvalue weighted by atomic mass is 31.2. The molecule has 0 aliphatic rings. The van der Waals surface area contributed by atoms with Gasteiger partial charge in [0.2, 0.25) is 0 Å². The van der Waals surface area contributed by atoms with E-state index in [1.807, 2.05) is 0 Å². The van der Waals surface area contributed by atoms with Crippen LogP contribution in [0.25, 0.3) is 0 Å². The Morgan fingerprint density at radius 2 is 1.57 bits per heavy atom. The van der Waals surface area contributed by atoms with E-state index in [1.54, 1.807) is 39.0 Å². The molecule has 156 valence electrons. The van der Waals surface area contributed by atoms with Crippen molar-refractivity contribution in [1.29, 1.82) is 0 Å². The van der Waals surface area contributed by atoms with Crippen molar-refractivity contribution in [3.05, 3.63) is 35.9 Å². The molecular formula is C19H27O8P. The number of hydrogen-bond acceptors (Lipinski definition) is 8. The SMILES string of the molecule is CCOC(=O)C(CCC(=O)OC(=O)c1ccccc1)CP(=O)(OCC)OCC. The molecule has 0 spiro atoms. The van der Waals surface area contributed by atoms with Crippen molar-refractivity contribution in [3.63, 3.8) is 0 Å². The zero-order chi connectivity index (χ0) is 21.0. The molecule has 0 amide bonds. The van der Waals surface area contributed by atoms with Gasteiger partial charge in [-0.3, -0.25) is 14.2 Å². The van der Waals surface area contributed by atoms with Gasteiger partial charge in [0.15, 0.2) is 0 Å². The summed E-state index contributed by atoms with van der Waals surface area (Å²) in [5.74, 6) is -3.05. The van der Waals surface area contributed by atoms with Gasteiger partial charge in [-0.05, 0) is 39.3 Å². The van der Waals surface area contributed by atoms with Gasteiger partial charge in [0.05, 0.1) is 37.5 Å². The summed E-state index contributed by atoms with van der Waals surface area (Å²) in [5, 5.41) is 0. The molecule has 1 rings (SSSR count). The van der Waals surface area contributed by atoms with Crippen molar-refractivity contribution in [2.75, 3.05) is 26.0 Å². The molecule has 0 saturated carbocycles. The third-order valence-electron chi connectivity index (χ3n) is 3.63. The molecule has 1 aromatic rings. The Morgan fingerprint density at radius 3 is 2.11 bits per heavy atom. The highest BCUT2D eigenvalue weighted by Gasteiger charge is 2.33. The van der Waals surface area contributed by atoms with Gasteiger partial charge in [-0.25, -0.2) is 4.79 Å². The molecule has 0 aliphatic carbocycles. The zero-order valence-electron chi connectivity index (χ0n) is 16.4. The molecule has 0 N–H and O–H groups in total. The molecule has 0 fully saturated rings. The van der Waals surface area contributed by atoms with Crippen LogP contribution in [-0.2, 0) is 32.7 Å². The minimum absolute atomic E-state index is 0.0100. The Morgan fingerprint density at radius 1 is 0.964 bits per heavy atom. The van der Waals surface area contributed by atoms with E-state index < -0.39 is 31.4 Å². The second-order valence-corrected chi connectivity index (χ2v) is 7.85. The van der Waals surface area contributed by atoms with Crippen LogP contribution in [0.1, 0.15) is 44.0 Å². The average Bonchev–Trinajstić information content (AvgIpc) is 2.66. The van der Waals surface area contributed by atoms with Gasteiger partial charge in [0, 0.05) is 6.42 Å². The number of carbonyl (C=O) groups is 3. The first-order valence-electron chi connectivity index (χ1n) is 9.20. The van der Waals surface area contributed by atoms with E-state index >= 15 is 0 Å². The van der Waals surface area contributed by atoms with Crippen LogP contribution in [0.4, 0.5) is 0 Å². The van der Waals surface area contributed by atoms with Crippen molar-refractivity contribution in [1.82, 2.24) is 0 Å². The number of hydrogen-bond donors (Lipinski definition) is 0. The van der Waals surface area contributed by atoms with Crippen LogP contribution in [0.2, 0.25) is 0 Å². The van der Waals surface area contributed by atoms with Crippen LogP contribution >= 0.6 is 7.60 Å². The fraction of sp³-hybridized carbons (Fsp3) is 0.526. The summed E-state index contributed by atoms with van der Waals surface area (Å²) in [4.78, 5) is 36.1. The predicted octanol–water partition coefficient (Wildman–Crippen LogP) is 3.60. The summed E-state index contributed by atoms with van der Waals surface area (Å²) in [6, 6.07) is 8.08. The van der Waals surface area contributed by atoms with Gasteiger partial charge in [-0.1, -0.05) is 18.2 Å². The standard InChI is InChI=1S/C19H27O8P/c1-4-24-18(21)16(14-28(23,25-5-2)26-6-3)12-13-17(20)27-19(22)15-10-8-7-9-11-15/h7-11,16H,4-6,12-14H2,1-3H3. The Hall–Kier alpha value is -2.02. The molecule has 1 aromatic carbocycles. The summed E-state index contributed by atoms with van der Waals surface area (Å²) >= 11 is 0. The number of rotatable bonds is 12. The van der Waals surface area contributed by atoms with Gasteiger partial charge in [0.1, 0.15) is 0 Å². The van der Waals surface area contributed by atoms with Gasteiger partial charge in [-0.2, -0.15) is 0 Å². The molecule has 8 nitrogen and oxygen atoms in total. The van der Waals surface area contributed by atoms with E-state index in [1.165, 1.54) is 12.1 Å². The molecule has 1 atom stereocenters. The fourth-order valence-electron chi connectivity index (χ4n) is 2.43. The summed E-state index contributed by atoms with van der Waals surface area (Å²) in [5.41, 5.74) is 0.245. The lowest BCUT2D eigenvalue weighted by molar-refractivity contribution is -0.148. The molecular weight excluding hydrogens is 387 g/mol. The first kappa shape index (κ1) is 24.0. The third kappa shape index (κ3) is 8.33. The molecule has 0 bridgehead atoms. The molecule has 1 unspecified atom stereocenters. The van der Waals surface area contributed by atoms with Crippen LogP contribution < -0.4 is 0 Å². The lowest BCUT2D eigenvalue weighted by Crippen LogP contribution is -2.24. The fourth-order valence-corrected chi connectivity index (χ4v) is 4.37. The molecule has 9 heteroatoms. The Balaban J connectivity index is 2.73. The average molecular weight is 414 g/mol. The highest BCUT2D eigenvalue weighted by Crippen LogP contribution is 2.50. The summed E-state index contributed by atoms with van der Waals surface area (Å²) in [7, 11) is -3.51. The first-order chi connectivity index (χ1) is 13.3. The Labute approximate surface area is 165 Å². The van der Waals surface area contributed by atoms with Crippen LogP contribution in [0, 0.1) is 5.92 Å². The highest BCUT2D eigenvalue weighted by molar-refractivity contribution is 7.53. The number of ether oxygens (including phenoxy) is 2. The van der Waals surface area contributed by atoms with E-state index in [-0.39, 0.29) is 44.4 Å². The van der Waals surface area contributed by atoms with E-state index in [2.05, 4.69) is 0 Å². The maximum atomic E-state index is 12.7. The zero-order valence-corrected chi connectivity index (χ0v) is 17.3. The first-order valence-corrected chi connectivity index (χ1v) is 10.9. The topological polar surface area (TPSA) is 105 Å². The maximum absolute atomic E-state index is 12.7. The smallest absolute Gasteiger partial charge is 0.345 e. The van der Waals surface area contributed by atoms with Crippen molar-refractivity contribution in [3.8, 4) is 0 Å². The lowest BCUT2D eigenvalue weighted by atomic mass is 10.1. The van der Waals surface area contributed by atoms with Crippen molar-refractivity contribution in [2.24, 2.45) is 5.92 Å². The number of carbonyl (C=O) groups excluding carboxylic acids is 3. The van der Waals surface area contributed by atoms with E-state index in [0.29, 0.717) is 0 Å². The van der Waals surface area contributed by atoms with Crippen molar-refractivity contribution in [2.45, 2.75) is 33.6 Å². The quantitative estimate of drug-likeness (QED) is 0.290. The Bertz CT molecular complexity index is 678. The normalized spacial score (nSPS) is 12.2. The van der Waals surface area contributed by atoms with Crippen LogP contribution in [-0.4, -0.2) is 43.9 Å². The lowest BCUT2D eigenvalue weighted by Gasteiger charge is -2.22. The minimum Gasteiger partial charge on any atom is -0.466 e. The number of esters is 3. The van der Waals surface area contributed by atoms with Crippen LogP contribution in [0.5, 0.6) is 0 Å². The minimum atomic E-state index is -3.51. The van der Waals surface area contributed by atoms with Gasteiger partial charge >= 0.3 is 25.5 Å². The van der Waals surface area contributed by atoms with Crippen LogP contribution in [0.3, 0.4) is 0 Å². The van der Waals surface area contributed by atoms with Gasteiger partial charge < -0.3 is 18.5 Å². The summed E-state index contributed by atoms with van der Waals surface area (Å²) in [6.45, 7) is 5.42. The van der Waals surface area contributed by atoms with Crippen molar-refractivity contribution >= 4 is 25.5 Å². The number of benzene rings is 1.